The molecule has 138 valence electrons. The van der Waals surface area contributed by atoms with Crippen molar-refractivity contribution in [3.63, 3.8) is 0 Å². The van der Waals surface area contributed by atoms with Gasteiger partial charge in [0.25, 0.3) is 5.91 Å². The van der Waals surface area contributed by atoms with Gasteiger partial charge in [-0.25, -0.2) is 0 Å². The fraction of sp³-hybridized carbons (Fsp3) is 0.318. The van der Waals surface area contributed by atoms with Gasteiger partial charge in [0.1, 0.15) is 0 Å². The number of aryl methyl sites for hydroxylation is 3. The van der Waals surface area contributed by atoms with Crippen LogP contribution in [-0.2, 0) is 19.9 Å². The number of fused-ring (bicyclic) bond motifs is 1. The Morgan fingerprint density at radius 3 is 2.48 bits per heavy atom. The first kappa shape index (κ1) is 17.5. The number of benzene rings is 1. The van der Waals surface area contributed by atoms with E-state index in [4.69, 9.17) is 5.10 Å². The number of nitrogens with zero attached hydrogens (tertiary/aromatic N) is 4. The number of hydrogen-bond acceptors (Lipinski definition) is 3. The molecule has 0 saturated heterocycles. The highest BCUT2D eigenvalue weighted by molar-refractivity contribution is 5.95. The molecule has 27 heavy (non-hydrogen) atoms. The predicted molar refractivity (Wildman–Crippen MR) is 106 cm³/mol. The second-order valence-electron chi connectivity index (χ2n) is 7.14. The van der Waals surface area contributed by atoms with Crippen molar-refractivity contribution in [2.75, 3.05) is 13.1 Å². The second kappa shape index (κ2) is 6.99. The Kier molecular flexibility index (Phi) is 4.52. The van der Waals surface area contributed by atoms with E-state index in [-0.39, 0.29) is 5.91 Å². The van der Waals surface area contributed by atoms with Gasteiger partial charge >= 0.3 is 0 Å². The maximum atomic E-state index is 13.0. The molecule has 5 nitrogen and oxygen atoms in total. The number of hydrogen-bond donors (Lipinski definition) is 0. The molecule has 0 spiro atoms. The summed E-state index contributed by atoms with van der Waals surface area (Å²) in [6, 6.07) is 14.2. The van der Waals surface area contributed by atoms with Crippen molar-refractivity contribution in [3.8, 4) is 11.3 Å². The maximum Gasteiger partial charge on any atom is 0.255 e. The summed E-state index contributed by atoms with van der Waals surface area (Å²) < 4.78 is 1.98. The highest BCUT2D eigenvalue weighted by atomic mass is 16.2. The number of aromatic nitrogens is 3. The highest BCUT2D eigenvalue weighted by Crippen LogP contribution is 2.28. The minimum atomic E-state index is 0.0655. The Hall–Kier alpha value is -2.95. The van der Waals surface area contributed by atoms with Crippen LogP contribution >= 0.6 is 0 Å². The largest absolute Gasteiger partial charge is 0.338 e. The smallest absolute Gasteiger partial charge is 0.255 e. The van der Waals surface area contributed by atoms with Crippen LogP contribution in [0.25, 0.3) is 11.3 Å². The van der Waals surface area contributed by atoms with Gasteiger partial charge in [0.2, 0.25) is 0 Å². The van der Waals surface area contributed by atoms with Gasteiger partial charge < -0.3 is 4.90 Å². The molecule has 0 atom stereocenters. The molecule has 1 aliphatic heterocycles. The third kappa shape index (κ3) is 3.25. The molecule has 0 unspecified atom stereocenters. The van der Waals surface area contributed by atoms with Crippen molar-refractivity contribution < 1.29 is 4.79 Å². The van der Waals surface area contributed by atoms with Gasteiger partial charge in [-0.15, -0.1) is 0 Å². The van der Waals surface area contributed by atoms with Crippen LogP contribution in [0.3, 0.4) is 0 Å². The van der Waals surface area contributed by atoms with Crippen LogP contribution in [0.2, 0.25) is 0 Å². The zero-order valence-corrected chi connectivity index (χ0v) is 16.1. The molecule has 0 N–H and O–H groups in total. The Balaban J connectivity index is 1.61. The molecule has 2 aromatic heterocycles. The van der Waals surface area contributed by atoms with Crippen molar-refractivity contribution in [1.82, 2.24) is 19.7 Å². The average molecular weight is 360 g/mol. The molecule has 4 rings (SSSR count). The van der Waals surface area contributed by atoms with Gasteiger partial charge in [-0.1, -0.05) is 30.3 Å². The molecule has 0 bridgehead atoms. The summed E-state index contributed by atoms with van der Waals surface area (Å²) in [5, 5.41) is 4.75. The summed E-state index contributed by atoms with van der Waals surface area (Å²) in [5.74, 6) is 0.0655. The van der Waals surface area contributed by atoms with Crippen LogP contribution in [0.15, 0.2) is 42.5 Å². The maximum absolute atomic E-state index is 13.0. The van der Waals surface area contributed by atoms with E-state index in [1.165, 1.54) is 11.1 Å². The van der Waals surface area contributed by atoms with E-state index in [1.807, 2.05) is 48.7 Å². The van der Waals surface area contributed by atoms with E-state index in [1.54, 1.807) is 0 Å². The first-order valence-electron chi connectivity index (χ1n) is 9.38. The van der Waals surface area contributed by atoms with Crippen LogP contribution in [-0.4, -0.2) is 38.7 Å². The van der Waals surface area contributed by atoms with Gasteiger partial charge in [-0.05, 0) is 32.4 Å². The quantitative estimate of drug-likeness (QED) is 0.704. The zero-order chi connectivity index (χ0) is 19.0. The van der Waals surface area contributed by atoms with E-state index < -0.39 is 0 Å². The van der Waals surface area contributed by atoms with E-state index in [2.05, 4.69) is 29.2 Å². The molecule has 3 aromatic rings. The van der Waals surface area contributed by atoms with Gasteiger partial charge in [0, 0.05) is 43.4 Å². The van der Waals surface area contributed by atoms with Gasteiger partial charge in [-0.2, -0.15) is 5.10 Å². The van der Waals surface area contributed by atoms with Crippen molar-refractivity contribution in [3.05, 3.63) is 70.7 Å². The predicted octanol–water partition coefficient (Wildman–Crippen LogP) is 3.34. The number of rotatable bonds is 2. The lowest BCUT2D eigenvalue weighted by Crippen LogP contribution is -2.34. The topological polar surface area (TPSA) is 51.0 Å². The monoisotopic (exact) mass is 360 g/mol. The van der Waals surface area contributed by atoms with Crippen LogP contribution in [0.5, 0.6) is 0 Å². The van der Waals surface area contributed by atoms with Gasteiger partial charge in [-0.3, -0.25) is 14.5 Å². The van der Waals surface area contributed by atoms with Crippen LogP contribution in [0.4, 0.5) is 0 Å². The van der Waals surface area contributed by atoms with Crippen LogP contribution in [0.1, 0.15) is 33.0 Å². The van der Waals surface area contributed by atoms with E-state index in [0.29, 0.717) is 18.7 Å². The van der Waals surface area contributed by atoms with Gasteiger partial charge in [0.05, 0.1) is 22.6 Å². The third-order valence-electron chi connectivity index (χ3n) is 5.27. The highest BCUT2D eigenvalue weighted by Gasteiger charge is 2.25. The lowest BCUT2D eigenvalue weighted by molar-refractivity contribution is 0.0761. The molecule has 0 fully saturated rings. The molecule has 0 saturated carbocycles. The molecule has 0 radical (unpaired) electrons. The minimum absolute atomic E-state index is 0.0655. The number of amides is 1. The first-order chi connectivity index (χ1) is 13.0. The lowest BCUT2D eigenvalue weighted by atomic mass is 10.0. The molecule has 3 heterocycles. The normalized spacial score (nSPS) is 14.0. The first-order valence-corrected chi connectivity index (χ1v) is 9.38. The Morgan fingerprint density at radius 2 is 1.74 bits per heavy atom. The SMILES string of the molecule is Cc1ccc(C(=O)N2CCc3nn(C)c(-c4ccccc4)c3CC2)c(C)n1. The summed E-state index contributed by atoms with van der Waals surface area (Å²) in [6.07, 6.45) is 1.59. The van der Waals surface area contributed by atoms with Crippen molar-refractivity contribution in [1.29, 1.82) is 0 Å². The summed E-state index contributed by atoms with van der Waals surface area (Å²) >= 11 is 0. The van der Waals surface area contributed by atoms with Crippen LogP contribution in [0, 0.1) is 13.8 Å². The summed E-state index contributed by atoms with van der Waals surface area (Å²) in [4.78, 5) is 19.4. The summed E-state index contributed by atoms with van der Waals surface area (Å²) in [5.41, 5.74) is 7.13. The summed E-state index contributed by atoms with van der Waals surface area (Å²) in [6.45, 7) is 5.23. The number of carbonyl (C=O) groups excluding carboxylic acids is 1. The molecule has 0 aliphatic carbocycles. The molecule has 1 aliphatic rings. The molecule has 1 aromatic carbocycles. The second-order valence-corrected chi connectivity index (χ2v) is 7.14. The van der Waals surface area contributed by atoms with Crippen LogP contribution < -0.4 is 0 Å². The fourth-order valence-corrected chi connectivity index (χ4v) is 3.93. The fourth-order valence-electron chi connectivity index (χ4n) is 3.93. The van der Waals surface area contributed by atoms with Gasteiger partial charge in [0.15, 0.2) is 0 Å². The Labute approximate surface area is 159 Å². The Bertz CT molecular complexity index is 991. The van der Waals surface area contributed by atoms with E-state index in [0.717, 1.165) is 35.6 Å². The number of pyridine rings is 1. The zero-order valence-electron chi connectivity index (χ0n) is 16.1. The van der Waals surface area contributed by atoms with Crippen molar-refractivity contribution >= 4 is 5.91 Å². The van der Waals surface area contributed by atoms with E-state index in [9.17, 15) is 4.79 Å². The lowest BCUT2D eigenvalue weighted by Gasteiger charge is -2.21. The van der Waals surface area contributed by atoms with Crippen molar-refractivity contribution in [2.45, 2.75) is 26.7 Å². The molecular formula is C22H24N4O. The molecule has 1 amide bonds. The third-order valence-corrected chi connectivity index (χ3v) is 5.27. The molecule has 5 heteroatoms. The Morgan fingerprint density at radius 1 is 1.00 bits per heavy atom. The van der Waals surface area contributed by atoms with E-state index >= 15 is 0 Å². The number of carbonyl (C=O) groups is 1. The van der Waals surface area contributed by atoms with Crippen molar-refractivity contribution in [2.24, 2.45) is 7.05 Å². The molecular weight excluding hydrogens is 336 g/mol. The standard InChI is InChI=1S/C22H24N4O/c1-15-9-10-18(16(2)23-15)22(27)26-13-11-19-20(12-14-26)24-25(3)21(19)17-7-5-4-6-8-17/h4-10H,11-14H2,1-3H3. The summed E-state index contributed by atoms with van der Waals surface area (Å²) in [7, 11) is 2.00. The average Bonchev–Trinajstić information content (AvgIpc) is 2.83. The minimum Gasteiger partial charge on any atom is -0.338 e.